The lowest BCUT2D eigenvalue weighted by Crippen LogP contribution is -2.26. The average Bonchev–Trinajstić information content (AvgIpc) is 2.92. The van der Waals surface area contributed by atoms with Crippen molar-refractivity contribution < 1.29 is 4.79 Å². The number of amides is 1. The Morgan fingerprint density at radius 3 is 2.89 bits per heavy atom. The number of aromatic nitrogens is 2. The summed E-state index contributed by atoms with van der Waals surface area (Å²) >= 11 is 1.66. The predicted molar refractivity (Wildman–Crippen MR) is 77.2 cm³/mol. The molecule has 0 aliphatic rings. The van der Waals surface area contributed by atoms with Crippen molar-refractivity contribution in [2.45, 2.75) is 26.8 Å². The Morgan fingerprint density at radius 1 is 1.58 bits per heavy atom. The zero-order valence-corrected chi connectivity index (χ0v) is 12.2. The largest absolute Gasteiger partial charge is 0.395 e. The SMILES string of the molecule is CCc1ccsc1CNC(=O)c1c(N)c(C)nn1C. The van der Waals surface area contributed by atoms with Gasteiger partial charge in [-0.05, 0) is 30.4 Å². The number of nitrogens with two attached hydrogens (primary N) is 1. The number of anilines is 1. The third-order valence-electron chi connectivity index (χ3n) is 3.11. The maximum absolute atomic E-state index is 12.1. The van der Waals surface area contributed by atoms with Crippen LogP contribution in [0.3, 0.4) is 0 Å². The molecular formula is C13H18N4OS. The number of aryl methyl sites for hydroxylation is 3. The first-order chi connectivity index (χ1) is 9.04. The molecule has 0 fully saturated rings. The average molecular weight is 278 g/mol. The van der Waals surface area contributed by atoms with E-state index >= 15 is 0 Å². The lowest BCUT2D eigenvalue weighted by Gasteiger charge is -2.06. The van der Waals surface area contributed by atoms with Gasteiger partial charge in [-0.25, -0.2) is 0 Å². The zero-order valence-electron chi connectivity index (χ0n) is 11.4. The molecule has 3 N–H and O–H groups in total. The van der Waals surface area contributed by atoms with Crippen molar-refractivity contribution in [3.8, 4) is 0 Å². The van der Waals surface area contributed by atoms with Gasteiger partial charge < -0.3 is 11.1 Å². The molecule has 0 unspecified atom stereocenters. The lowest BCUT2D eigenvalue weighted by molar-refractivity contribution is 0.0943. The highest BCUT2D eigenvalue weighted by Crippen LogP contribution is 2.18. The zero-order chi connectivity index (χ0) is 14.0. The summed E-state index contributed by atoms with van der Waals surface area (Å²) in [4.78, 5) is 13.3. The highest BCUT2D eigenvalue weighted by Gasteiger charge is 2.17. The van der Waals surface area contributed by atoms with Gasteiger partial charge in [-0.1, -0.05) is 6.92 Å². The fourth-order valence-electron chi connectivity index (χ4n) is 2.03. The molecule has 0 radical (unpaired) electrons. The molecule has 2 heterocycles. The standard InChI is InChI=1S/C13H18N4OS/c1-4-9-5-6-19-10(9)7-15-13(18)12-11(14)8(2)16-17(12)3/h5-6H,4,7,14H2,1-3H3,(H,15,18). The van der Waals surface area contributed by atoms with Crippen molar-refractivity contribution in [3.63, 3.8) is 0 Å². The number of hydrogen-bond donors (Lipinski definition) is 2. The van der Waals surface area contributed by atoms with Crippen LogP contribution in [-0.4, -0.2) is 15.7 Å². The maximum Gasteiger partial charge on any atom is 0.271 e. The second kappa shape index (κ2) is 5.44. The normalized spacial score (nSPS) is 10.7. The molecule has 0 bridgehead atoms. The minimum absolute atomic E-state index is 0.184. The molecule has 0 aromatic carbocycles. The smallest absolute Gasteiger partial charge is 0.271 e. The van der Waals surface area contributed by atoms with E-state index in [9.17, 15) is 4.79 Å². The minimum atomic E-state index is -0.184. The van der Waals surface area contributed by atoms with Crippen LogP contribution in [0.25, 0.3) is 0 Å². The molecule has 19 heavy (non-hydrogen) atoms. The molecule has 2 aromatic heterocycles. The molecular weight excluding hydrogens is 260 g/mol. The van der Waals surface area contributed by atoms with E-state index in [0.717, 1.165) is 6.42 Å². The molecule has 1 amide bonds. The second-order valence-corrected chi connectivity index (χ2v) is 5.38. The number of hydrogen-bond acceptors (Lipinski definition) is 4. The Hall–Kier alpha value is -1.82. The van der Waals surface area contributed by atoms with Crippen LogP contribution in [0.1, 0.15) is 33.5 Å². The summed E-state index contributed by atoms with van der Waals surface area (Å²) in [6.45, 7) is 4.43. The van der Waals surface area contributed by atoms with Gasteiger partial charge in [0.05, 0.1) is 17.9 Å². The van der Waals surface area contributed by atoms with Crippen molar-refractivity contribution in [2.75, 3.05) is 5.73 Å². The van der Waals surface area contributed by atoms with Crippen LogP contribution in [0.15, 0.2) is 11.4 Å². The maximum atomic E-state index is 12.1. The van der Waals surface area contributed by atoms with Crippen LogP contribution in [0.4, 0.5) is 5.69 Å². The van der Waals surface area contributed by atoms with Crippen LogP contribution < -0.4 is 11.1 Å². The first kappa shape index (κ1) is 13.6. The van der Waals surface area contributed by atoms with Gasteiger partial charge in [0.2, 0.25) is 0 Å². The summed E-state index contributed by atoms with van der Waals surface area (Å²) in [5, 5.41) is 9.09. The molecule has 6 heteroatoms. The first-order valence-corrected chi connectivity index (χ1v) is 7.05. The summed E-state index contributed by atoms with van der Waals surface area (Å²) in [6.07, 6.45) is 0.974. The monoisotopic (exact) mass is 278 g/mol. The van der Waals surface area contributed by atoms with E-state index in [0.29, 0.717) is 23.6 Å². The van der Waals surface area contributed by atoms with Crippen molar-refractivity contribution >= 4 is 22.9 Å². The van der Waals surface area contributed by atoms with Crippen molar-refractivity contribution in [2.24, 2.45) is 7.05 Å². The Balaban J connectivity index is 2.10. The topological polar surface area (TPSA) is 72.9 Å². The van der Waals surface area contributed by atoms with Crippen molar-refractivity contribution in [1.82, 2.24) is 15.1 Å². The lowest BCUT2D eigenvalue weighted by atomic mass is 10.2. The highest BCUT2D eigenvalue weighted by molar-refractivity contribution is 7.10. The fraction of sp³-hybridized carbons (Fsp3) is 0.385. The quantitative estimate of drug-likeness (QED) is 0.896. The number of rotatable bonds is 4. The van der Waals surface area contributed by atoms with E-state index in [1.54, 1.807) is 25.3 Å². The van der Waals surface area contributed by atoms with Gasteiger partial charge in [-0.15, -0.1) is 11.3 Å². The number of nitrogens with zero attached hydrogens (tertiary/aromatic N) is 2. The van der Waals surface area contributed by atoms with E-state index in [2.05, 4.69) is 23.4 Å². The third kappa shape index (κ3) is 2.63. The first-order valence-electron chi connectivity index (χ1n) is 6.17. The van der Waals surface area contributed by atoms with Crippen molar-refractivity contribution in [1.29, 1.82) is 0 Å². The Kier molecular flexibility index (Phi) is 3.90. The Labute approximate surface area is 116 Å². The van der Waals surface area contributed by atoms with Gasteiger partial charge in [-0.3, -0.25) is 9.48 Å². The number of carbonyl (C=O) groups is 1. The molecule has 0 saturated carbocycles. The summed E-state index contributed by atoms with van der Waals surface area (Å²) in [5.41, 5.74) is 8.69. The van der Waals surface area contributed by atoms with Crippen LogP contribution in [0.2, 0.25) is 0 Å². The Bertz CT molecular complexity index is 600. The van der Waals surface area contributed by atoms with Gasteiger partial charge in [0, 0.05) is 11.9 Å². The van der Waals surface area contributed by atoms with Crippen LogP contribution in [0.5, 0.6) is 0 Å². The van der Waals surface area contributed by atoms with E-state index in [1.165, 1.54) is 15.1 Å². The summed E-state index contributed by atoms with van der Waals surface area (Å²) in [7, 11) is 1.72. The number of thiophene rings is 1. The molecule has 0 aliphatic carbocycles. The molecule has 0 saturated heterocycles. The van der Waals surface area contributed by atoms with E-state index in [1.807, 2.05) is 5.38 Å². The van der Waals surface area contributed by atoms with Gasteiger partial charge in [0.1, 0.15) is 5.69 Å². The molecule has 0 atom stereocenters. The van der Waals surface area contributed by atoms with E-state index in [4.69, 9.17) is 5.73 Å². The molecule has 2 aromatic rings. The van der Waals surface area contributed by atoms with Gasteiger partial charge in [-0.2, -0.15) is 5.10 Å². The third-order valence-corrected chi connectivity index (χ3v) is 4.07. The molecule has 5 nitrogen and oxygen atoms in total. The summed E-state index contributed by atoms with van der Waals surface area (Å²) in [6, 6.07) is 2.09. The summed E-state index contributed by atoms with van der Waals surface area (Å²) < 4.78 is 1.52. The number of carbonyl (C=O) groups excluding carboxylic acids is 1. The van der Waals surface area contributed by atoms with Gasteiger partial charge >= 0.3 is 0 Å². The Morgan fingerprint density at radius 2 is 2.32 bits per heavy atom. The number of nitrogen functional groups attached to an aromatic ring is 1. The van der Waals surface area contributed by atoms with Crippen molar-refractivity contribution in [3.05, 3.63) is 33.3 Å². The minimum Gasteiger partial charge on any atom is -0.395 e. The van der Waals surface area contributed by atoms with Gasteiger partial charge in [0.15, 0.2) is 0 Å². The van der Waals surface area contributed by atoms with E-state index in [-0.39, 0.29) is 5.91 Å². The van der Waals surface area contributed by atoms with Crippen LogP contribution >= 0.6 is 11.3 Å². The van der Waals surface area contributed by atoms with E-state index < -0.39 is 0 Å². The molecule has 102 valence electrons. The van der Waals surface area contributed by atoms with Gasteiger partial charge in [0.25, 0.3) is 5.91 Å². The highest BCUT2D eigenvalue weighted by atomic mass is 32.1. The molecule has 2 rings (SSSR count). The predicted octanol–water partition coefficient (Wildman–Crippen LogP) is 1.86. The van der Waals surface area contributed by atoms with Crippen LogP contribution in [0, 0.1) is 6.92 Å². The molecule has 0 spiro atoms. The summed E-state index contributed by atoms with van der Waals surface area (Å²) in [5.74, 6) is -0.184. The second-order valence-electron chi connectivity index (χ2n) is 4.38. The fourth-order valence-corrected chi connectivity index (χ4v) is 2.94. The van der Waals surface area contributed by atoms with Crippen LogP contribution in [-0.2, 0) is 20.0 Å². The number of nitrogens with one attached hydrogen (secondary N) is 1. The molecule has 0 aliphatic heterocycles.